The number of rotatable bonds is 3. The molecule has 0 bridgehead atoms. The molecule has 0 saturated carbocycles. The average Bonchev–Trinajstić information content (AvgIpc) is 2.13. The minimum absolute atomic E-state index is 0.0654. The molecule has 1 N–H and O–H groups in total. The van der Waals surface area contributed by atoms with Crippen molar-refractivity contribution in [2.75, 3.05) is 13.1 Å². The van der Waals surface area contributed by atoms with Crippen LogP contribution < -0.4 is 5.32 Å². The van der Waals surface area contributed by atoms with Crippen LogP contribution in [0.4, 0.5) is 13.2 Å². The molecule has 0 spiro atoms. The molecular weight excluding hydrogens is 213 g/mol. The van der Waals surface area contributed by atoms with E-state index in [1.165, 1.54) is 0 Å². The standard InChI is InChI=1S/C8H11F3N2O2/c1-2-6(14)12-5-3-13(7(5)15)4-8(9,10)11/h5H,2-4H2,1H3,(H,12,14)/t5-/m1/s1. The highest BCUT2D eigenvalue weighted by molar-refractivity contribution is 5.92. The van der Waals surface area contributed by atoms with E-state index in [1.54, 1.807) is 6.92 Å². The first-order valence-corrected chi connectivity index (χ1v) is 4.48. The summed E-state index contributed by atoms with van der Waals surface area (Å²) in [6.07, 6.45) is -4.17. The molecule has 1 rings (SSSR count). The highest BCUT2D eigenvalue weighted by Gasteiger charge is 2.43. The van der Waals surface area contributed by atoms with Gasteiger partial charge in [0.25, 0.3) is 0 Å². The van der Waals surface area contributed by atoms with Gasteiger partial charge in [-0.25, -0.2) is 0 Å². The van der Waals surface area contributed by atoms with Crippen molar-refractivity contribution >= 4 is 11.8 Å². The number of alkyl halides is 3. The second-order valence-corrected chi connectivity index (χ2v) is 3.31. The molecule has 0 aromatic heterocycles. The zero-order chi connectivity index (χ0) is 11.6. The van der Waals surface area contributed by atoms with Gasteiger partial charge in [-0.15, -0.1) is 0 Å². The van der Waals surface area contributed by atoms with Gasteiger partial charge in [-0.3, -0.25) is 9.59 Å². The van der Waals surface area contributed by atoms with Crippen LogP contribution in [-0.4, -0.2) is 42.0 Å². The molecule has 1 fully saturated rings. The molecule has 7 heteroatoms. The van der Waals surface area contributed by atoms with E-state index in [0.717, 1.165) is 0 Å². The Balaban J connectivity index is 2.35. The first kappa shape index (κ1) is 11.8. The fraction of sp³-hybridized carbons (Fsp3) is 0.750. The molecule has 0 aromatic carbocycles. The SMILES string of the molecule is CCC(=O)N[C@@H]1CN(CC(F)(F)F)C1=O. The third-order valence-corrected chi connectivity index (χ3v) is 2.04. The summed E-state index contributed by atoms with van der Waals surface area (Å²) < 4.78 is 35.6. The van der Waals surface area contributed by atoms with Gasteiger partial charge in [0.05, 0.1) is 6.54 Å². The summed E-state index contributed by atoms with van der Waals surface area (Å²) in [5.41, 5.74) is 0. The van der Waals surface area contributed by atoms with Gasteiger partial charge in [0.2, 0.25) is 11.8 Å². The summed E-state index contributed by atoms with van der Waals surface area (Å²) in [6, 6.07) is -0.778. The van der Waals surface area contributed by atoms with E-state index in [2.05, 4.69) is 5.32 Å². The lowest BCUT2D eigenvalue weighted by atomic mass is 10.1. The van der Waals surface area contributed by atoms with E-state index in [0.29, 0.717) is 4.90 Å². The number of carbonyl (C=O) groups is 2. The Labute approximate surface area is 84.4 Å². The Morgan fingerprint density at radius 1 is 1.60 bits per heavy atom. The van der Waals surface area contributed by atoms with Crippen LogP contribution in [0.2, 0.25) is 0 Å². The number of amides is 2. The number of halogens is 3. The van der Waals surface area contributed by atoms with Crippen LogP contribution >= 0.6 is 0 Å². The highest BCUT2D eigenvalue weighted by Crippen LogP contribution is 2.21. The number of likely N-dealkylation sites (tertiary alicyclic amines) is 1. The molecule has 1 aliphatic heterocycles. The molecule has 0 radical (unpaired) electrons. The summed E-state index contributed by atoms with van der Waals surface area (Å²) in [5, 5.41) is 2.33. The first-order valence-electron chi connectivity index (χ1n) is 4.48. The fourth-order valence-electron chi connectivity index (χ4n) is 1.26. The van der Waals surface area contributed by atoms with E-state index < -0.39 is 24.7 Å². The maximum absolute atomic E-state index is 11.9. The number of hydrogen-bond acceptors (Lipinski definition) is 2. The number of hydrogen-bond donors (Lipinski definition) is 1. The molecule has 0 aromatic rings. The van der Waals surface area contributed by atoms with E-state index in [1.807, 2.05) is 0 Å². The average molecular weight is 224 g/mol. The normalized spacial score (nSPS) is 21.2. The van der Waals surface area contributed by atoms with Crippen LogP contribution in [0, 0.1) is 0 Å². The number of nitrogens with zero attached hydrogens (tertiary/aromatic N) is 1. The zero-order valence-corrected chi connectivity index (χ0v) is 8.10. The maximum atomic E-state index is 11.9. The Morgan fingerprint density at radius 3 is 2.60 bits per heavy atom. The van der Waals surface area contributed by atoms with Crippen molar-refractivity contribution in [1.82, 2.24) is 10.2 Å². The van der Waals surface area contributed by atoms with E-state index in [9.17, 15) is 22.8 Å². The number of β-lactam (4-membered cyclic amide) rings is 1. The summed E-state index contributed by atoms with van der Waals surface area (Å²) in [7, 11) is 0. The Morgan fingerprint density at radius 2 is 2.20 bits per heavy atom. The van der Waals surface area contributed by atoms with E-state index in [4.69, 9.17) is 0 Å². The Kier molecular flexibility index (Phi) is 3.21. The van der Waals surface area contributed by atoms with Crippen molar-refractivity contribution < 1.29 is 22.8 Å². The van der Waals surface area contributed by atoms with Crippen molar-refractivity contribution in [3.05, 3.63) is 0 Å². The lowest BCUT2D eigenvalue weighted by Gasteiger charge is -2.38. The van der Waals surface area contributed by atoms with Gasteiger partial charge >= 0.3 is 6.18 Å². The van der Waals surface area contributed by atoms with Crippen molar-refractivity contribution in [2.45, 2.75) is 25.6 Å². The quantitative estimate of drug-likeness (QED) is 0.700. The van der Waals surface area contributed by atoms with E-state index in [-0.39, 0.29) is 18.9 Å². The molecule has 4 nitrogen and oxygen atoms in total. The van der Waals surface area contributed by atoms with Gasteiger partial charge < -0.3 is 10.2 Å². The topological polar surface area (TPSA) is 49.4 Å². The third kappa shape index (κ3) is 3.10. The largest absolute Gasteiger partial charge is 0.406 e. The van der Waals surface area contributed by atoms with Crippen molar-refractivity contribution in [3.8, 4) is 0 Å². The van der Waals surface area contributed by atoms with Crippen LogP contribution in [0.1, 0.15) is 13.3 Å². The maximum Gasteiger partial charge on any atom is 0.406 e. The summed E-state index contributed by atoms with van der Waals surface area (Å²) >= 11 is 0. The molecule has 86 valence electrons. The Bertz CT molecular complexity index is 278. The predicted octanol–water partition coefficient (Wildman–Crippen LogP) is 0.286. The van der Waals surface area contributed by atoms with Crippen LogP contribution in [-0.2, 0) is 9.59 Å². The Hall–Kier alpha value is -1.27. The van der Waals surface area contributed by atoms with Crippen LogP contribution in [0.15, 0.2) is 0 Å². The van der Waals surface area contributed by atoms with E-state index >= 15 is 0 Å². The van der Waals surface area contributed by atoms with Crippen LogP contribution in [0.25, 0.3) is 0 Å². The number of nitrogens with one attached hydrogen (secondary N) is 1. The summed E-state index contributed by atoms with van der Waals surface area (Å²) in [6.45, 7) is 0.292. The summed E-state index contributed by atoms with van der Waals surface area (Å²) in [5.74, 6) is -1.01. The molecule has 1 aliphatic rings. The molecule has 15 heavy (non-hydrogen) atoms. The minimum Gasteiger partial charge on any atom is -0.343 e. The third-order valence-electron chi connectivity index (χ3n) is 2.04. The van der Waals surface area contributed by atoms with Gasteiger partial charge in [0.1, 0.15) is 12.6 Å². The second kappa shape index (κ2) is 4.08. The highest BCUT2D eigenvalue weighted by atomic mass is 19.4. The van der Waals surface area contributed by atoms with Gasteiger partial charge in [-0.1, -0.05) is 6.92 Å². The van der Waals surface area contributed by atoms with Crippen LogP contribution in [0.5, 0.6) is 0 Å². The van der Waals surface area contributed by atoms with Gasteiger partial charge in [-0.05, 0) is 0 Å². The molecular formula is C8H11F3N2O2. The predicted molar refractivity (Wildman–Crippen MR) is 44.9 cm³/mol. The molecule has 1 atom stereocenters. The number of carbonyl (C=O) groups excluding carboxylic acids is 2. The lowest BCUT2D eigenvalue weighted by molar-refractivity contribution is -0.174. The molecule has 1 saturated heterocycles. The minimum atomic E-state index is -4.38. The molecule has 2 amide bonds. The monoisotopic (exact) mass is 224 g/mol. The van der Waals surface area contributed by atoms with Crippen molar-refractivity contribution in [3.63, 3.8) is 0 Å². The first-order chi connectivity index (χ1) is 6.83. The van der Waals surface area contributed by atoms with Gasteiger partial charge in [0, 0.05) is 6.42 Å². The smallest absolute Gasteiger partial charge is 0.343 e. The van der Waals surface area contributed by atoms with Crippen LogP contribution in [0.3, 0.4) is 0 Å². The molecule has 1 heterocycles. The van der Waals surface area contributed by atoms with Crippen molar-refractivity contribution in [1.29, 1.82) is 0 Å². The fourth-order valence-corrected chi connectivity index (χ4v) is 1.26. The second-order valence-electron chi connectivity index (χ2n) is 3.31. The molecule has 0 aliphatic carbocycles. The molecule has 0 unspecified atom stereocenters. The zero-order valence-electron chi connectivity index (χ0n) is 8.10. The lowest BCUT2D eigenvalue weighted by Crippen LogP contribution is -2.65. The van der Waals surface area contributed by atoms with Crippen molar-refractivity contribution in [2.24, 2.45) is 0 Å². The van der Waals surface area contributed by atoms with Gasteiger partial charge in [-0.2, -0.15) is 13.2 Å². The van der Waals surface area contributed by atoms with Gasteiger partial charge in [0.15, 0.2) is 0 Å². The summed E-state index contributed by atoms with van der Waals surface area (Å²) in [4.78, 5) is 22.6.